The summed E-state index contributed by atoms with van der Waals surface area (Å²) < 4.78 is 0. The third-order valence-corrected chi connectivity index (χ3v) is 1.76. The molecule has 1 rings (SSSR count). The molecule has 0 aromatic carbocycles. The van der Waals surface area contributed by atoms with Crippen LogP contribution in [0.15, 0.2) is 0 Å². The van der Waals surface area contributed by atoms with E-state index >= 15 is 0 Å². The predicted octanol–water partition coefficient (Wildman–Crippen LogP) is -1.15. The maximum atomic E-state index is 10.9. The van der Waals surface area contributed by atoms with Gasteiger partial charge in [0.25, 0.3) is 0 Å². The number of carbonyl (C=O) groups excluding carboxylic acids is 1. The fourth-order valence-electron chi connectivity index (χ4n) is 1.18. The van der Waals surface area contributed by atoms with Crippen LogP contribution in [0, 0.1) is 0 Å². The highest BCUT2D eigenvalue weighted by Gasteiger charge is 2.15. The highest BCUT2D eigenvalue weighted by molar-refractivity contribution is 5.76. The topological polar surface area (TPSA) is 61.4 Å². The van der Waals surface area contributed by atoms with Crippen LogP contribution in [0.2, 0.25) is 0 Å². The monoisotopic (exact) mass is 158 g/mol. The van der Waals surface area contributed by atoms with Gasteiger partial charge in [-0.3, -0.25) is 4.79 Å². The molecule has 0 saturated carbocycles. The van der Waals surface area contributed by atoms with E-state index in [2.05, 4.69) is 10.6 Å². The van der Waals surface area contributed by atoms with Crippen molar-refractivity contribution in [3.8, 4) is 0 Å². The van der Waals surface area contributed by atoms with E-state index in [1.54, 1.807) is 0 Å². The number of amides is 1. The second-order valence-corrected chi connectivity index (χ2v) is 2.73. The van der Waals surface area contributed by atoms with Crippen LogP contribution < -0.4 is 10.6 Å². The minimum Gasteiger partial charge on any atom is -0.396 e. The molecule has 1 aliphatic rings. The smallest absolute Gasteiger partial charge is 0.222 e. The molecule has 1 saturated heterocycles. The molecule has 1 fully saturated rings. The molecule has 0 radical (unpaired) electrons. The van der Waals surface area contributed by atoms with Crippen molar-refractivity contribution >= 4 is 5.91 Å². The van der Waals surface area contributed by atoms with Crippen molar-refractivity contribution in [2.75, 3.05) is 19.7 Å². The molecule has 1 heterocycles. The maximum absolute atomic E-state index is 10.9. The molecule has 0 spiro atoms. The normalized spacial score (nSPS) is 23.5. The number of hydrogen-bond acceptors (Lipinski definition) is 3. The van der Waals surface area contributed by atoms with Crippen molar-refractivity contribution < 1.29 is 9.90 Å². The molecule has 3 N–H and O–H groups in total. The van der Waals surface area contributed by atoms with Gasteiger partial charge in [-0.2, -0.15) is 0 Å². The van der Waals surface area contributed by atoms with Gasteiger partial charge in [0.05, 0.1) is 6.61 Å². The maximum Gasteiger partial charge on any atom is 0.222 e. The fraction of sp³-hybridized carbons (Fsp3) is 0.857. The van der Waals surface area contributed by atoms with Crippen LogP contribution in [0.25, 0.3) is 0 Å². The Kier molecular flexibility index (Phi) is 3.32. The average Bonchev–Trinajstić information content (AvgIpc) is 2.40. The minimum atomic E-state index is -0.0635. The van der Waals surface area contributed by atoms with Crippen molar-refractivity contribution in [2.24, 2.45) is 0 Å². The molecule has 4 heteroatoms. The van der Waals surface area contributed by atoms with Crippen LogP contribution in [0.3, 0.4) is 0 Å². The summed E-state index contributed by atoms with van der Waals surface area (Å²) in [4.78, 5) is 10.9. The van der Waals surface area contributed by atoms with E-state index in [9.17, 15) is 4.79 Å². The van der Waals surface area contributed by atoms with Gasteiger partial charge < -0.3 is 15.7 Å². The Balaban J connectivity index is 2.13. The van der Waals surface area contributed by atoms with Gasteiger partial charge in [0.15, 0.2) is 0 Å². The van der Waals surface area contributed by atoms with Gasteiger partial charge in [0.2, 0.25) is 5.91 Å². The summed E-state index contributed by atoms with van der Waals surface area (Å²) >= 11 is 0. The van der Waals surface area contributed by atoms with E-state index in [0.717, 1.165) is 19.5 Å². The zero-order valence-electron chi connectivity index (χ0n) is 6.47. The summed E-state index contributed by atoms with van der Waals surface area (Å²) in [6.45, 7) is 1.77. The lowest BCUT2D eigenvalue weighted by atomic mass is 10.2. The highest BCUT2D eigenvalue weighted by atomic mass is 16.3. The number of carbonyl (C=O) groups is 1. The first-order valence-corrected chi connectivity index (χ1v) is 3.94. The Morgan fingerprint density at radius 1 is 1.73 bits per heavy atom. The molecule has 0 aromatic rings. The lowest BCUT2D eigenvalue weighted by molar-refractivity contribution is -0.122. The second-order valence-electron chi connectivity index (χ2n) is 2.73. The second kappa shape index (κ2) is 4.31. The first-order valence-electron chi connectivity index (χ1n) is 3.94. The van der Waals surface area contributed by atoms with E-state index in [1.807, 2.05) is 0 Å². The van der Waals surface area contributed by atoms with Gasteiger partial charge in [0.1, 0.15) is 0 Å². The predicted molar refractivity (Wildman–Crippen MR) is 41.1 cm³/mol. The summed E-state index contributed by atoms with van der Waals surface area (Å²) in [5.41, 5.74) is 0. The van der Waals surface area contributed by atoms with E-state index in [0.29, 0.717) is 0 Å². The van der Waals surface area contributed by atoms with Crippen LogP contribution in [-0.2, 0) is 4.79 Å². The van der Waals surface area contributed by atoms with Gasteiger partial charge in [0, 0.05) is 19.0 Å². The van der Waals surface area contributed by atoms with Crippen molar-refractivity contribution in [1.82, 2.24) is 10.6 Å². The van der Waals surface area contributed by atoms with Crippen LogP contribution >= 0.6 is 0 Å². The van der Waals surface area contributed by atoms with E-state index < -0.39 is 0 Å². The third-order valence-electron chi connectivity index (χ3n) is 1.76. The highest BCUT2D eigenvalue weighted by Crippen LogP contribution is 1.96. The molecule has 64 valence electrons. The Hall–Kier alpha value is -0.610. The molecule has 0 aliphatic carbocycles. The van der Waals surface area contributed by atoms with E-state index in [4.69, 9.17) is 5.11 Å². The summed E-state index contributed by atoms with van der Waals surface area (Å²) in [6.07, 6.45) is 1.22. The number of aliphatic hydroxyl groups is 1. The molecular formula is C7H14N2O2. The molecule has 1 atom stereocenters. The van der Waals surface area contributed by atoms with E-state index in [-0.39, 0.29) is 25.0 Å². The molecule has 0 unspecified atom stereocenters. The van der Waals surface area contributed by atoms with E-state index in [1.165, 1.54) is 0 Å². The van der Waals surface area contributed by atoms with Gasteiger partial charge in [-0.15, -0.1) is 0 Å². The van der Waals surface area contributed by atoms with Crippen LogP contribution in [0.5, 0.6) is 0 Å². The largest absolute Gasteiger partial charge is 0.396 e. The molecular weight excluding hydrogens is 144 g/mol. The number of aliphatic hydroxyl groups excluding tert-OH is 1. The summed E-state index contributed by atoms with van der Waals surface area (Å²) in [5, 5.41) is 14.4. The summed E-state index contributed by atoms with van der Waals surface area (Å²) in [7, 11) is 0. The Labute approximate surface area is 66.0 Å². The van der Waals surface area contributed by atoms with Crippen molar-refractivity contribution in [3.63, 3.8) is 0 Å². The summed E-state index contributed by atoms with van der Waals surface area (Å²) in [5.74, 6) is -0.0544. The molecule has 0 bridgehead atoms. The first kappa shape index (κ1) is 8.49. The average molecular weight is 158 g/mol. The van der Waals surface area contributed by atoms with Gasteiger partial charge in [-0.25, -0.2) is 0 Å². The number of hydrogen-bond donors (Lipinski definition) is 3. The molecule has 1 amide bonds. The lowest BCUT2D eigenvalue weighted by Crippen LogP contribution is -2.36. The zero-order chi connectivity index (χ0) is 8.10. The molecule has 0 aromatic heterocycles. The SMILES string of the molecule is O=C(CCO)N[C@H]1CCNC1. The third kappa shape index (κ3) is 2.86. The van der Waals surface area contributed by atoms with Crippen molar-refractivity contribution in [3.05, 3.63) is 0 Å². The Morgan fingerprint density at radius 3 is 3.09 bits per heavy atom. The Morgan fingerprint density at radius 2 is 2.55 bits per heavy atom. The molecule has 11 heavy (non-hydrogen) atoms. The molecule has 1 aliphatic heterocycles. The number of rotatable bonds is 3. The number of nitrogens with one attached hydrogen (secondary N) is 2. The van der Waals surface area contributed by atoms with Crippen molar-refractivity contribution in [2.45, 2.75) is 18.9 Å². The van der Waals surface area contributed by atoms with Crippen LogP contribution in [0.4, 0.5) is 0 Å². The molecule has 4 nitrogen and oxygen atoms in total. The zero-order valence-corrected chi connectivity index (χ0v) is 6.47. The lowest BCUT2D eigenvalue weighted by Gasteiger charge is -2.09. The fourth-order valence-corrected chi connectivity index (χ4v) is 1.18. The standard InChI is InChI=1S/C7H14N2O2/c10-4-2-7(11)9-6-1-3-8-5-6/h6,8,10H,1-5H2,(H,9,11)/t6-/m0/s1. The van der Waals surface area contributed by atoms with Gasteiger partial charge >= 0.3 is 0 Å². The quantitative estimate of drug-likeness (QED) is 0.486. The van der Waals surface area contributed by atoms with Gasteiger partial charge in [-0.1, -0.05) is 0 Å². The van der Waals surface area contributed by atoms with Crippen molar-refractivity contribution in [1.29, 1.82) is 0 Å². The Bertz CT molecular complexity index is 132. The van der Waals surface area contributed by atoms with Crippen LogP contribution in [0.1, 0.15) is 12.8 Å². The van der Waals surface area contributed by atoms with Crippen LogP contribution in [-0.4, -0.2) is 36.8 Å². The summed E-state index contributed by atoms with van der Waals surface area (Å²) in [6, 6.07) is 0.272. The minimum absolute atomic E-state index is 0.0544. The first-order chi connectivity index (χ1) is 5.33. The van der Waals surface area contributed by atoms with Gasteiger partial charge in [-0.05, 0) is 13.0 Å².